The first-order chi connectivity index (χ1) is 15.2. The molecule has 178 valence electrons. The molecule has 0 bridgehead atoms. The van der Waals surface area contributed by atoms with Crippen LogP contribution in [-0.2, 0) is 19.6 Å². The van der Waals surface area contributed by atoms with E-state index in [1.54, 1.807) is 22.8 Å². The van der Waals surface area contributed by atoms with Crippen LogP contribution in [0.4, 0.5) is 0 Å². The van der Waals surface area contributed by atoms with E-state index in [0.717, 1.165) is 17.7 Å². The van der Waals surface area contributed by atoms with Crippen molar-refractivity contribution >= 4 is 21.8 Å². The number of rotatable bonds is 7. The molecule has 8 heteroatoms. The standard InChI is InChI=1S/C24H37N3O4S/c1-19-9-10-20(2)22(17-19)32(30,31)27-15-13-26(14-16-27)24(29)12-11-23(28)25(3)18-21-7-5-4-6-8-21/h9-10,17,21H,4-8,11-16,18H2,1-3H3. The van der Waals surface area contributed by atoms with Gasteiger partial charge in [-0.25, -0.2) is 8.42 Å². The first-order valence-corrected chi connectivity index (χ1v) is 13.2. The second kappa shape index (κ2) is 10.8. The molecule has 0 radical (unpaired) electrons. The Morgan fingerprint density at radius 1 is 1.00 bits per heavy atom. The predicted octanol–water partition coefficient (Wildman–Crippen LogP) is 2.96. The van der Waals surface area contributed by atoms with Gasteiger partial charge < -0.3 is 9.80 Å². The number of benzene rings is 1. The fourth-order valence-electron chi connectivity index (χ4n) is 4.72. The number of aryl methyl sites for hydroxylation is 2. The van der Waals surface area contributed by atoms with Gasteiger partial charge in [-0.05, 0) is 49.8 Å². The summed E-state index contributed by atoms with van der Waals surface area (Å²) in [4.78, 5) is 28.9. The highest BCUT2D eigenvalue weighted by Crippen LogP contribution is 2.25. The second-order valence-electron chi connectivity index (χ2n) is 9.33. The first kappa shape index (κ1) is 24.7. The lowest BCUT2D eigenvalue weighted by molar-refractivity contribution is -0.137. The smallest absolute Gasteiger partial charge is 0.243 e. The quantitative estimate of drug-likeness (QED) is 0.623. The molecule has 32 heavy (non-hydrogen) atoms. The minimum atomic E-state index is -3.58. The Hall–Kier alpha value is -1.93. The molecule has 1 aromatic rings. The van der Waals surface area contributed by atoms with Crippen molar-refractivity contribution in [3.8, 4) is 0 Å². The van der Waals surface area contributed by atoms with Crippen molar-refractivity contribution in [1.82, 2.24) is 14.1 Å². The van der Waals surface area contributed by atoms with Crippen LogP contribution in [0.1, 0.15) is 56.1 Å². The van der Waals surface area contributed by atoms with E-state index >= 15 is 0 Å². The van der Waals surface area contributed by atoms with E-state index in [9.17, 15) is 18.0 Å². The van der Waals surface area contributed by atoms with Crippen molar-refractivity contribution in [2.45, 2.75) is 63.7 Å². The molecule has 1 aliphatic carbocycles. The summed E-state index contributed by atoms with van der Waals surface area (Å²) >= 11 is 0. The third-order valence-corrected chi connectivity index (χ3v) is 8.83. The SMILES string of the molecule is Cc1ccc(C)c(S(=O)(=O)N2CCN(C(=O)CCC(=O)N(C)CC3CCCCC3)CC2)c1. The van der Waals surface area contributed by atoms with Crippen LogP contribution in [0.5, 0.6) is 0 Å². The van der Waals surface area contributed by atoms with Crippen molar-refractivity contribution in [2.24, 2.45) is 5.92 Å². The summed E-state index contributed by atoms with van der Waals surface area (Å²) in [7, 11) is -1.75. The number of piperazine rings is 1. The average molecular weight is 464 g/mol. The summed E-state index contributed by atoms with van der Waals surface area (Å²) in [5, 5.41) is 0. The molecule has 2 fully saturated rings. The molecule has 0 spiro atoms. The van der Waals surface area contributed by atoms with Gasteiger partial charge in [-0.15, -0.1) is 0 Å². The van der Waals surface area contributed by atoms with Gasteiger partial charge in [0.2, 0.25) is 21.8 Å². The molecular formula is C24H37N3O4S. The number of carbonyl (C=O) groups excluding carboxylic acids is 2. The lowest BCUT2D eigenvalue weighted by Gasteiger charge is -2.34. The van der Waals surface area contributed by atoms with Crippen LogP contribution in [0.2, 0.25) is 0 Å². The third-order valence-electron chi connectivity index (χ3n) is 6.79. The van der Waals surface area contributed by atoms with Gasteiger partial charge in [-0.1, -0.05) is 31.4 Å². The fourth-order valence-corrected chi connectivity index (χ4v) is 6.46. The van der Waals surface area contributed by atoms with E-state index in [2.05, 4.69) is 0 Å². The van der Waals surface area contributed by atoms with Crippen LogP contribution in [-0.4, -0.2) is 74.1 Å². The topological polar surface area (TPSA) is 78.0 Å². The number of carbonyl (C=O) groups is 2. The number of hydrogen-bond acceptors (Lipinski definition) is 4. The number of hydrogen-bond donors (Lipinski definition) is 0. The number of sulfonamides is 1. The summed E-state index contributed by atoms with van der Waals surface area (Å²) in [6.45, 7) is 5.72. The first-order valence-electron chi connectivity index (χ1n) is 11.8. The van der Waals surface area contributed by atoms with Gasteiger partial charge in [0.1, 0.15) is 0 Å². The third kappa shape index (κ3) is 6.10. The van der Waals surface area contributed by atoms with Gasteiger partial charge in [0.25, 0.3) is 0 Å². The average Bonchev–Trinajstić information content (AvgIpc) is 2.79. The Balaban J connectivity index is 1.46. The highest BCUT2D eigenvalue weighted by Gasteiger charge is 2.31. The minimum Gasteiger partial charge on any atom is -0.345 e. The van der Waals surface area contributed by atoms with Crippen molar-refractivity contribution < 1.29 is 18.0 Å². The zero-order valence-corrected chi connectivity index (χ0v) is 20.5. The molecule has 1 aromatic carbocycles. The molecule has 0 N–H and O–H groups in total. The van der Waals surface area contributed by atoms with Gasteiger partial charge >= 0.3 is 0 Å². The molecule has 7 nitrogen and oxygen atoms in total. The van der Waals surface area contributed by atoms with Gasteiger partial charge in [0, 0.05) is 52.6 Å². The maximum absolute atomic E-state index is 13.1. The van der Waals surface area contributed by atoms with E-state index in [1.165, 1.54) is 36.4 Å². The highest BCUT2D eigenvalue weighted by atomic mass is 32.2. The molecular weight excluding hydrogens is 426 g/mol. The van der Waals surface area contributed by atoms with E-state index in [1.807, 2.05) is 26.1 Å². The molecule has 2 amide bonds. The van der Waals surface area contributed by atoms with Crippen LogP contribution in [0.25, 0.3) is 0 Å². The molecule has 1 heterocycles. The fraction of sp³-hybridized carbons (Fsp3) is 0.667. The normalized spacial score (nSPS) is 18.5. The molecule has 1 saturated heterocycles. The van der Waals surface area contributed by atoms with Gasteiger partial charge in [-0.3, -0.25) is 9.59 Å². The number of amides is 2. The van der Waals surface area contributed by atoms with Crippen molar-refractivity contribution in [2.75, 3.05) is 39.8 Å². The zero-order chi connectivity index (χ0) is 23.3. The predicted molar refractivity (Wildman–Crippen MR) is 125 cm³/mol. The van der Waals surface area contributed by atoms with E-state index < -0.39 is 10.0 Å². The summed E-state index contributed by atoms with van der Waals surface area (Å²) < 4.78 is 27.6. The lowest BCUT2D eigenvalue weighted by atomic mass is 9.89. The molecule has 0 atom stereocenters. The highest BCUT2D eigenvalue weighted by molar-refractivity contribution is 7.89. The summed E-state index contributed by atoms with van der Waals surface area (Å²) in [6.07, 6.45) is 6.55. The Morgan fingerprint density at radius 3 is 2.31 bits per heavy atom. The van der Waals surface area contributed by atoms with Crippen LogP contribution < -0.4 is 0 Å². The van der Waals surface area contributed by atoms with Gasteiger partial charge in [0.05, 0.1) is 4.90 Å². The van der Waals surface area contributed by atoms with Gasteiger partial charge in [-0.2, -0.15) is 4.31 Å². The molecule has 1 saturated carbocycles. The summed E-state index contributed by atoms with van der Waals surface area (Å²) in [5.74, 6) is 0.522. The lowest BCUT2D eigenvalue weighted by Crippen LogP contribution is -2.50. The summed E-state index contributed by atoms with van der Waals surface area (Å²) in [5.41, 5.74) is 1.63. The molecule has 0 aromatic heterocycles. The maximum Gasteiger partial charge on any atom is 0.243 e. The van der Waals surface area contributed by atoms with Crippen LogP contribution in [0.15, 0.2) is 23.1 Å². The van der Waals surface area contributed by atoms with Crippen molar-refractivity contribution in [1.29, 1.82) is 0 Å². The molecule has 0 unspecified atom stereocenters. The largest absolute Gasteiger partial charge is 0.345 e. The van der Waals surface area contributed by atoms with E-state index in [-0.39, 0.29) is 37.7 Å². The van der Waals surface area contributed by atoms with Crippen LogP contribution in [0, 0.1) is 19.8 Å². The summed E-state index contributed by atoms with van der Waals surface area (Å²) in [6, 6.07) is 5.43. The van der Waals surface area contributed by atoms with Crippen molar-refractivity contribution in [3.05, 3.63) is 29.3 Å². The minimum absolute atomic E-state index is 0.0139. The van der Waals surface area contributed by atoms with Crippen LogP contribution >= 0.6 is 0 Å². The molecule has 3 rings (SSSR count). The zero-order valence-electron chi connectivity index (χ0n) is 19.7. The Labute approximate surface area is 192 Å². The van der Waals surface area contributed by atoms with E-state index in [0.29, 0.717) is 23.9 Å². The Kier molecular flexibility index (Phi) is 8.33. The van der Waals surface area contributed by atoms with Crippen molar-refractivity contribution in [3.63, 3.8) is 0 Å². The molecule has 2 aliphatic rings. The van der Waals surface area contributed by atoms with Gasteiger partial charge in [0.15, 0.2) is 0 Å². The monoisotopic (exact) mass is 463 g/mol. The molecule has 1 aliphatic heterocycles. The Morgan fingerprint density at radius 2 is 1.66 bits per heavy atom. The maximum atomic E-state index is 13.1. The number of nitrogens with zero attached hydrogens (tertiary/aromatic N) is 3. The second-order valence-corrected chi connectivity index (χ2v) is 11.2. The Bertz CT molecular complexity index is 917. The van der Waals surface area contributed by atoms with E-state index in [4.69, 9.17) is 0 Å². The van der Waals surface area contributed by atoms with Crippen LogP contribution in [0.3, 0.4) is 0 Å².